The van der Waals surface area contributed by atoms with E-state index in [9.17, 15) is 0 Å². The van der Waals surface area contributed by atoms with Crippen LogP contribution < -0.4 is 10.5 Å². The van der Waals surface area contributed by atoms with Crippen molar-refractivity contribution < 1.29 is 4.74 Å². The summed E-state index contributed by atoms with van der Waals surface area (Å²) < 4.78 is 5.19. The maximum atomic E-state index is 5.89. The summed E-state index contributed by atoms with van der Waals surface area (Å²) in [6.45, 7) is 2.07. The molecular formula is C10H15NO. The number of nitrogens with two attached hydrogens (primary N) is 1. The molecular weight excluding hydrogens is 150 g/mol. The normalized spacial score (nSPS) is 12.6. The Kier molecular flexibility index (Phi) is 3.11. The molecule has 0 amide bonds. The molecule has 0 saturated heterocycles. The van der Waals surface area contributed by atoms with Crippen LogP contribution >= 0.6 is 0 Å². The lowest BCUT2D eigenvalue weighted by Crippen LogP contribution is -2.09. The predicted octanol–water partition coefficient (Wildman–Crippen LogP) is 2.10. The standard InChI is InChI=1S/C10H15NO/c1-3-9(11)8-6-4-5-7-10(8)12-2/h4-7,9H,3,11H2,1-2H3/t9-/m1/s1. The molecule has 0 spiro atoms. The van der Waals surface area contributed by atoms with Crippen LogP contribution in [-0.4, -0.2) is 7.11 Å². The third-order valence-corrected chi connectivity index (χ3v) is 1.98. The van der Waals surface area contributed by atoms with Crippen LogP contribution in [-0.2, 0) is 0 Å². The van der Waals surface area contributed by atoms with Crippen LogP contribution in [0.25, 0.3) is 0 Å². The lowest BCUT2D eigenvalue weighted by atomic mass is 10.0. The van der Waals surface area contributed by atoms with E-state index in [-0.39, 0.29) is 6.04 Å². The molecule has 2 nitrogen and oxygen atoms in total. The zero-order chi connectivity index (χ0) is 8.97. The number of hydrogen-bond donors (Lipinski definition) is 1. The molecule has 0 aliphatic carbocycles. The first kappa shape index (κ1) is 9.07. The van der Waals surface area contributed by atoms with Gasteiger partial charge in [0.25, 0.3) is 0 Å². The van der Waals surface area contributed by atoms with Gasteiger partial charge in [0, 0.05) is 11.6 Å². The van der Waals surface area contributed by atoms with E-state index in [0.29, 0.717) is 0 Å². The Labute approximate surface area is 73.3 Å². The lowest BCUT2D eigenvalue weighted by molar-refractivity contribution is 0.405. The second-order valence-corrected chi connectivity index (χ2v) is 2.76. The summed E-state index contributed by atoms with van der Waals surface area (Å²) in [5.41, 5.74) is 6.98. The van der Waals surface area contributed by atoms with Crippen LogP contribution in [0.3, 0.4) is 0 Å². The molecule has 12 heavy (non-hydrogen) atoms. The van der Waals surface area contributed by atoms with Crippen molar-refractivity contribution in [2.75, 3.05) is 7.11 Å². The van der Waals surface area contributed by atoms with E-state index in [0.717, 1.165) is 17.7 Å². The highest BCUT2D eigenvalue weighted by atomic mass is 16.5. The van der Waals surface area contributed by atoms with Crippen molar-refractivity contribution in [2.45, 2.75) is 19.4 Å². The highest BCUT2D eigenvalue weighted by Crippen LogP contribution is 2.24. The largest absolute Gasteiger partial charge is 0.496 e. The molecule has 2 N–H and O–H groups in total. The Balaban J connectivity index is 2.96. The first-order valence-corrected chi connectivity index (χ1v) is 4.18. The van der Waals surface area contributed by atoms with Gasteiger partial charge < -0.3 is 10.5 Å². The van der Waals surface area contributed by atoms with Crippen molar-refractivity contribution in [1.29, 1.82) is 0 Å². The van der Waals surface area contributed by atoms with Crippen LogP contribution in [0.15, 0.2) is 24.3 Å². The lowest BCUT2D eigenvalue weighted by Gasteiger charge is -2.12. The number of rotatable bonds is 3. The minimum Gasteiger partial charge on any atom is -0.496 e. The molecule has 0 saturated carbocycles. The van der Waals surface area contributed by atoms with Gasteiger partial charge in [-0.05, 0) is 12.5 Å². The van der Waals surface area contributed by atoms with E-state index in [1.165, 1.54) is 0 Å². The van der Waals surface area contributed by atoms with E-state index in [4.69, 9.17) is 10.5 Å². The third kappa shape index (κ3) is 1.77. The summed E-state index contributed by atoms with van der Waals surface area (Å²) in [7, 11) is 1.67. The number of hydrogen-bond acceptors (Lipinski definition) is 2. The quantitative estimate of drug-likeness (QED) is 0.744. The second-order valence-electron chi connectivity index (χ2n) is 2.76. The average molecular weight is 165 g/mol. The molecule has 1 aromatic rings. The van der Waals surface area contributed by atoms with E-state index < -0.39 is 0 Å². The van der Waals surface area contributed by atoms with Gasteiger partial charge in [0.1, 0.15) is 5.75 Å². The van der Waals surface area contributed by atoms with Crippen molar-refractivity contribution in [3.05, 3.63) is 29.8 Å². The molecule has 0 aliphatic rings. The molecule has 0 bridgehead atoms. The van der Waals surface area contributed by atoms with Gasteiger partial charge >= 0.3 is 0 Å². The van der Waals surface area contributed by atoms with Crippen molar-refractivity contribution in [2.24, 2.45) is 5.73 Å². The molecule has 0 fully saturated rings. The zero-order valence-electron chi connectivity index (χ0n) is 7.58. The molecule has 1 atom stereocenters. The Morgan fingerprint density at radius 3 is 2.67 bits per heavy atom. The monoisotopic (exact) mass is 165 g/mol. The molecule has 1 rings (SSSR count). The van der Waals surface area contributed by atoms with Crippen LogP contribution in [0.2, 0.25) is 0 Å². The van der Waals surface area contributed by atoms with Gasteiger partial charge in [0.2, 0.25) is 0 Å². The SMILES string of the molecule is CC[C@@H](N)c1ccccc1OC. The van der Waals surface area contributed by atoms with Crippen LogP contribution in [0.4, 0.5) is 0 Å². The number of benzene rings is 1. The van der Waals surface area contributed by atoms with Gasteiger partial charge in [0.05, 0.1) is 7.11 Å². The minimum atomic E-state index is 0.0844. The van der Waals surface area contributed by atoms with Crippen molar-refractivity contribution in [3.8, 4) is 5.75 Å². The molecule has 0 aliphatic heterocycles. The van der Waals surface area contributed by atoms with Gasteiger partial charge in [-0.3, -0.25) is 0 Å². The predicted molar refractivity (Wildman–Crippen MR) is 50.2 cm³/mol. The maximum absolute atomic E-state index is 5.89. The highest BCUT2D eigenvalue weighted by Gasteiger charge is 2.07. The molecule has 1 aromatic carbocycles. The summed E-state index contributed by atoms with van der Waals surface area (Å²) in [5.74, 6) is 0.881. The molecule has 0 unspecified atom stereocenters. The van der Waals surface area contributed by atoms with Crippen LogP contribution in [0.5, 0.6) is 5.75 Å². The Bertz CT molecular complexity index is 247. The fourth-order valence-corrected chi connectivity index (χ4v) is 1.19. The number of ether oxygens (including phenoxy) is 1. The second kappa shape index (κ2) is 4.12. The van der Waals surface area contributed by atoms with Gasteiger partial charge in [-0.1, -0.05) is 25.1 Å². The summed E-state index contributed by atoms with van der Waals surface area (Å²) in [5, 5.41) is 0. The minimum absolute atomic E-state index is 0.0844. The van der Waals surface area contributed by atoms with E-state index >= 15 is 0 Å². The van der Waals surface area contributed by atoms with E-state index in [2.05, 4.69) is 6.92 Å². The molecule has 0 heterocycles. The first-order chi connectivity index (χ1) is 5.79. The topological polar surface area (TPSA) is 35.2 Å². The van der Waals surface area contributed by atoms with Crippen molar-refractivity contribution in [1.82, 2.24) is 0 Å². The molecule has 2 heteroatoms. The van der Waals surface area contributed by atoms with E-state index in [1.54, 1.807) is 7.11 Å². The van der Waals surface area contributed by atoms with E-state index in [1.807, 2.05) is 24.3 Å². The Morgan fingerprint density at radius 2 is 2.08 bits per heavy atom. The molecule has 66 valence electrons. The summed E-state index contributed by atoms with van der Waals surface area (Å²) in [6.07, 6.45) is 0.931. The zero-order valence-corrected chi connectivity index (χ0v) is 7.58. The van der Waals surface area contributed by atoms with Crippen LogP contribution in [0, 0.1) is 0 Å². The van der Waals surface area contributed by atoms with Crippen LogP contribution in [0.1, 0.15) is 24.9 Å². The summed E-state index contributed by atoms with van der Waals surface area (Å²) >= 11 is 0. The average Bonchev–Trinajstić information content (AvgIpc) is 2.16. The molecule has 0 radical (unpaired) electrons. The van der Waals surface area contributed by atoms with Crippen molar-refractivity contribution >= 4 is 0 Å². The van der Waals surface area contributed by atoms with Gasteiger partial charge in [-0.2, -0.15) is 0 Å². The fourth-order valence-electron chi connectivity index (χ4n) is 1.19. The number of para-hydroxylation sites is 1. The van der Waals surface area contributed by atoms with Crippen molar-refractivity contribution in [3.63, 3.8) is 0 Å². The highest BCUT2D eigenvalue weighted by molar-refractivity contribution is 5.35. The summed E-state index contributed by atoms with van der Waals surface area (Å²) in [4.78, 5) is 0. The first-order valence-electron chi connectivity index (χ1n) is 4.18. The van der Waals surface area contributed by atoms with Gasteiger partial charge in [-0.25, -0.2) is 0 Å². The van der Waals surface area contributed by atoms with Gasteiger partial charge in [-0.15, -0.1) is 0 Å². The maximum Gasteiger partial charge on any atom is 0.123 e. The molecule has 0 aromatic heterocycles. The van der Waals surface area contributed by atoms with Gasteiger partial charge in [0.15, 0.2) is 0 Å². The Morgan fingerprint density at radius 1 is 1.42 bits per heavy atom. The smallest absolute Gasteiger partial charge is 0.123 e. The number of methoxy groups -OCH3 is 1. The summed E-state index contributed by atoms with van der Waals surface area (Å²) in [6, 6.07) is 7.96. The third-order valence-electron chi connectivity index (χ3n) is 1.98. The Hall–Kier alpha value is -1.02. The fraction of sp³-hybridized carbons (Fsp3) is 0.400.